The van der Waals surface area contributed by atoms with Crippen molar-refractivity contribution in [1.29, 1.82) is 0 Å². The molecule has 0 unspecified atom stereocenters. The maximum atomic E-state index is 12.6. The topological polar surface area (TPSA) is 52.6 Å². The molecular weight excluding hydrogens is 460 g/mol. The molecule has 2 aromatic rings. The molecule has 4 nitrogen and oxygen atoms in total. The Morgan fingerprint density at radius 3 is 2.46 bits per heavy atom. The van der Waals surface area contributed by atoms with Gasteiger partial charge in [-0.2, -0.15) is 0 Å². The van der Waals surface area contributed by atoms with E-state index in [4.69, 9.17) is 9.47 Å². The van der Waals surface area contributed by atoms with Gasteiger partial charge in [-0.05, 0) is 68.2 Å². The Labute approximate surface area is 220 Å². The highest BCUT2D eigenvalue weighted by Crippen LogP contribution is 2.34. The van der Waals surface area contributed by atoms with E-state index >= 15 is 0 Å². The third kappa shape index (κ3) is 7.53. The lowest BCUT2D eigenvalue weighted by Crippen LogP contribution is -2.20. The fourth-order valence-corrected chi connectivity index (χ4v) is 4.01. The van der Waals surface area contributed by atoms with E-state index in [1.807, 2.05) is 81.5 Å². The van der Waals surface area contributed by atoms with Gasteiger partial charge in [-0.3, -0.25) is 0 Å². The van der Waals surface area contributed by atoms with Gasteiger partial charge in [0.05, 0.1) is 11.1 Å². The lowest BCUT2D eigenvalue weighted by molar-refractivity contribution is -0.129. The fraction of sp³-hybridized carbons (Fsp3) is 0.273. The molecular formula is C33H36O4. The van der Waals surface area contributed by atoms with E-state index in [1.54, 1.807) is 18.2 Å². The van der Waals surface area contributed by atoms with Crippen molar-refractivity contribution < 1.29 is 19.1 Å². The zero-order valence-electron chi connectivity index (χ0n) is 22.4. The average molecular weight is 497 g/mol. The Kier molecular flexibility index (Phi) is 9.62. The number of hydrogen-bond donors (Lipinski definition) is 0. The summed E-state index contributed by atoms with van der Waals surface area (Å²) < 4.78 is 11.3. The highest BCUT2D eigenvalue weighted by Gasteiger charge is 2.25. The maximum Gasteiger partial charge on any atom is 0.343 e. The first-order chi connectivity index (χ1) is 17.7. The van der Waals surface area contributed by atoms with Gasteiger partial charge in [-0.1, -0.05) is 87.1 Å². The third-order valence-electron chi connectivity index (χ3n) is 6.37. The van der Waals surface area contributed by atoms with E-state index in [1.165, 1.54) is 0 Å². The molecule has 0 fully saturated rings. The molecule has 0 saturated carbocycles. The monoisotopic (exact) mass is 496 g/mol. The van der Waals surface area contributed by atoms with Crippen molar-refractivity contribution in [2.24, 2.45) is 0 Å². The van der Waals surface area contributed by atoms with Crippen LogP contribution in [0.5, 0.6) is 5.75 Å². The molecule has 0 heterocycles. The number of carbonyl (C=O) groups is 2. The number of esters is 2. The highest BCUT2D eigenvalue weighted by molar-refractivity contribution is 5.93. The molecule has 3 rings (SSSR count). The van der Waals surface area contributed by atoms with Crippen LogP contribution < -0.4 is 4.74 Å². The van der Waals surface area contributed by atoms with Gasteiger partial charge in [0.1, 0.15) is 11.5 Å². The van der Waals surface area contributed by atoms with Gasteiger partial charge in [-0.15, -0.1) is 0 Å². The van der Waals surface area contributed by atoms with E-state index in [0.29, 0.717) is 29.1 Å². The van der Waals surface area contributed by atoms with Gasteiger partial charge in [0.25, 0.3) is 0 Å². The predicted octanol–water partition coefficient (Wildman–Crippen LogP) is 8.11. The molecule has 0 radical (unpaired) electrons. The summed E-state index contributed by atoms with van der Waals surface area (Å²) in [5.41, 5.74) is 3.93. The molecule has 0 bridgehead atoms. The molecule has 4 heteroatoms. The van der Waals surface area contributed by atoms with E-state index in [9.17, 15) is 9.59 Å². The number of hydrogen-bond acceptors (Lipinski definition) is 4. The molecule has 1 aliphatic carbocycles. The lowest BCUT2D eigenvalue weighted by Gasteiger charge is -2.28. The van der Waals surface area contributed by atoms with E-state index in [0.717, 1.165) is 29.5 Å². The van der Waals surface area contributed by atoms with Crippen LogP contribution in [0.4, 0.5) is 0 Å². The summed E-state index contributed by atoms with van der Waals surface area (Å²) in [6.07, 6.45) is 15.9. The molecule has 0 atom stereocenters. The Balaban J connectivity index is 1.76. The van der Waals surface area contributed by atoms with Gasteiger partial charge in [0.2, 0.25) is 0 Å². The lowest BCUT2D eigenvalue weighted by atomic mass is 9.77. The van der Waals surface area contributed by atoms with Crippen molar-refractivity contribution in [3.05, 3.63) is 125 Å². The van der Waals surface area contributed by atoms with Crippen LogP contribution in [0.2, 0.25) is 0 Å². The van der Waals surface area contributed by atoms with E-state index in [-0.39, 0.29) is 17.4 Å². The molecule has 0 amide bonds. The first-order valence-corrected chi connectivity index (χ1v) is 12.8. The van der Waals surface area contributed by atoms with Gasteiger partial charge < -0.3 is 9.47 Å². The molecule has 0 aliphatic heterocycles. The van der Waals surface area contributed by atoms with Gasteiger partial charge in [0, 0.05) is 11.8 Å². The van der Waals surface area contributed by atoms with Crippen molar-refractivity contribution in [2.75, 3.05) is 0 Å². The summed E-state index contributed by atoms with van der Waals surface area (Å²) in [4.78, 5) is 25.1. The van der Waals surface area contributed by atoms with Crippen molar-refractivity contribution in [3.63, 3.8) is 0 Å². The number of rotatable bonds is 8. The van der Waals surface area contributed by atoms with Crippen LogP contribution in [0.15, 0.2) is 108 Å². The molecule has 2 aromatic carbocycles. The van der Waals surface area contributed by atoms with E-state index < -0.39 is 0 Å². The summed E-state index contributed by atoms with van der Waals surface area (Å²) in [5.74, 6) is 0.428. The van der Waals surface area contributed by atoms with Crippen molar-refractivity contribution in [1.82, 2.24) is 0 Å². The molecule has 0 spiro atoms. The second-order valence-electron chi connectivity index (χ2n) is 9.55. The summed E-state index contributed by atoms with van der Waals surface area (Å²) in [6.45, 7) is 10.1. The second-order valence-corrected chi connectivity index (χ2v) is 9.55. The van der Waals surface area contributed by atoms with Crippen molar-refractivity contribution in [3.8, 4) is 5.75 Å². The fourth-order valence-electron chi connectivity index (χ4n) is 4.01. The Morgan fingerprint density at radius 1 is 1.03 bits per heavy atom. The van der Waals surface area contributed by atoms with Crippen LogP contribution in [0.1, 0.15) is 68.4 Å². The molecule has 1 aliphatic rings. The molecule has 0 N–H and O–H groups in total. The molecule has 192 valence electrons. The van der Waals surface area contributed by atoms with Crippen molar-refractivity contribution in [2.45, 2.75) is 59.3 Å². The minimum Gasteiger partial charge on any atom is -0.427 e. The summed E-state index contributed by atoms with van der Waals surface area (Å²) in [5, 5.41) is 0. The van der Waals surface area contributed by atoms with Crippen LogP contribution >= 0.6 is 0 Å². The minimum absolute atomic E-state index is 0.323. The minimum atomic E-state index is -0.372. The zero-order chi connectivity index (χ0) is 26.8. The Bertz CT molecular complexity index is 1270. The number of benzene rings is 2. The number of ether oxygens (including phenoxy) is 2. The van der Waals surface area contributed by atoms with Crippen molar-refractivity contribution >= 4 is 11.9 Å². The van der Waals surface area contributed by atoms with Crippen LogP contribution in [0, 0.1) is 6.92 Å². The highest BCUT2D eigenvalue weighted by atomic mass is 16.5. The first-order valence-electron chi connectivity index (χ1n) is 12.8. The normalized spacial score (nSPS) is 18.1. The molecule has 37 heavy (non-hydrogen) atoms. The van der Waals surface area contributed by atoms with Crippen LogP contribution in [0.3, 0.4) is 0 Å². The van der Waals surface area contributed by atoms with E-state index in [2.05, 4.69) is 26.0 Å². The molecule has 0 aromatic heterocycles. The number of carbonyl (C=O) groups excluding carboxylic acids is 2. The quantitative estimate of drug-likeness (QED) is 0.160. The second kappa shape index (κ2) is 12.9. The maximum absolute atomic E-state index is 12.6. The van der Waals surface area contributed by atoms with Crippen LogP contribution in [-0.4, -0.2) is 11.9 Å². The summed E-state index contributed by atoms with van der Waals surface area (Å²) in [6, 6.07) is 15.0. The van der Waals surface area contributed by atoms with Gasteiger partial charge in [0.15, 0.2) is 0 Å². The SMILES string of the molecule is C/C=C(\C=C/CC)C(=O)Oc1ccc(C(C)(C)C2=C/C=C(/OC(=O)c3cccc(C)c3)CC/C=C\2)cc1. The number of allylic oxidation sites excluding steroid dienone is 8. The molecule has 0 saturated heterocycles. The van der Waals surface area contributed by atoms with Gasteiger partial charge in [-0.25, -0.2) is 9.59 Å². The third-order valence-corrected chi connectivity index (χ3v) is 6.37. The average Bonchev–Trinajstić information content (AvgIpc) is 2.86. The number of aryl methyl sites for hydroxylation is 1. The standard InChI is InChI=1S/C33H36O4/c1-6-8-13-25(7-2)31(34)37-30-21-18-28(19-22-30)33(4,5)27-15-9-10-16-29(20-17-27)36-32(35)26-14-11-12-24(3)23-26/h7-9,11-15,17-23H,6,10,16H2,1-5H3/b13-8-,15-9-,25-7+,27-17+,29-20+. The Hall–Kier alpha value is -3.92. The van der Waals surface area contributed by atoms with Crippen LogP contribution in [-0.2, 0) is 14.9 Å². The Morgan fingerprint density at radius 2 is 1.78 bits per heavy atom. The van der Waals surface area contributed by atoms with Gasteiger partial charge >= 0.3 is 11.9 Å². The predicted molar refractivity (Wildman–Crippen MR) is 149 cm³/mol. The summed E-state index contributed by atoms with van der Waals surface area (Å²) >= 11 is 0. The largest absolute Gasteiger partial charge is 0.427 e. The smallest absolute Gasteiger partial charge is 0.343 e. The van der Waals surface area contributed by atoms with Crippen LogP contribution in [0.25, 0.3) is 0 Å². The first kappa shape index (κ1) is 27.7. The zero-order valence-corrected chi connectivity index (χ0v) is 22.4. The summed E-state index contributed by atoms with van der Waals surface area (Å²) in [7, 11) is 0.